The van der Waals surface area contributed by atoms with E-state index in [2.05, 4.69) is 228 Å². The Bertz CT molecular complexity index is 3220. The molecule has 2 heteroatoms. The van der Waals surface area contributed by atoms with Crippen LogP contribution < -0.4 is 4.90 Å². The number of nitrogens with zero attached hydrogens (tertiary/aromatic N) is 2. The van der Waals surface area contributed by atoms with Crippen molar-refractivity contribution in [2.24, 2.45) is 0 Å². The minimum Gasteiger partial charge on any atom is -0.310 e. The van der Waals surface area contributed by atoms with Crippen LogP contribution in [0, 0.1) is 0 Å². The molecule has 0 bridgehead atoms. The summed E-state index contributed by atoms with van der Waals surface area (Å²) in [4.78, 5) is 2.39. The summed E-state index contributed by atoms with van der Waals surface area (Å²) >= 11 is 0. The second-order valence-corrected chi connectivity index (χ2v) is 14.5. The monoisotopic (exact) mass is 712 g/mol. The highest BCUT2D eigenvalue weighted by atomic mass is 15.1. The minimum atomic E-state index is 1.11. The Balaban J connectivity index is 1.04. The molecule has 0 spiro atoms. The maximum absolute atomic E-state index is 2.44. The van der Waals surface area contributed by atoms with Gasteiger partial charge in [0, 0.05) is 38.6 Å². The Labute approximate surface area is 325 Å². The smallest absolute Gasteiger partial charge is 0.0619 e. The summed E-state index contributed by atoms with van der Waals surface area (Å²) in [5.74, 6) is 0. The fourth-order valence-corrected chi connectivity index (χ4v) is 8.70. The molecule has 0 unspecified atom stereocenters. The molecule has 0 saturated carbocycles. The average molecular weight is 713 g/mol. The van der Waals surface area contributed by atoms with Gasteiger partial charge in [-0.1, -0.05) is 170 Å². The van der Waals surface area contributed by atoms with Crippen molar-refractivity contribution in [3.8, 4) is 27.9 Å². The van der Waals surface area contributed by atoms with Gasteiger partial charge in [0.05, 0.1) is 16.7 Å². The minimum absolute atomic E-state index is 1.11. The van der Waals surface area contributed by atoms with Crippen LogP contribution >= 0.6 is 0 Å². The van der Waals surface area contributed by atoms with Crippen LogP contribution in [-0.4, -0.2) is 4.57 Å². The summed E-state index contributed by atoms with van der Waals surface area (Å²) in [6, 6.07) is 79.4. The Hall–Kier alpha value is -7.42. The van der Waals surface area contributed by atoms with Gasteiger partial charge in [-0.2, -0.15) is 0 Å². The van der Waals surface area contributed by atoms with Gasteiger partial charge in [0.25, 0.3) is 0 Å². The van der Waals surface area contributed by atoms with Gasteiger partial charge in [-0.3, -0.25) is 0 Å². The van der Waals surface area contributed by atoms with E-state index in [1.165, 1.54) is 76.4 Å². The quantitative estimate of drug-likeness (QED) is 0.167. The van der Waals surface area contributed by atoms with Crippen molar-refractivity contribution in [2.45, 2.75) is 0 Å². The molecule has 11 rings (SSSR count). The zero-order valence-corrected chi connectivity index (χ0v) is 30.7. The molecule has 1 aromatic heterocycles. The molecule has 0 amide bonds. The third-order valence-corrected chi connectivity index (χ3v) is 11.4. The Kier molecular flexibility index (Phi) is 7.53. The van der Waals surface area contributed by atoms with Crippen molar-refractivity contribution in [2.75, 3.05) is 4.90 Å². The largest absolute Gasteiger partial charge is 0.310 e. The second-order valence-electron chi connectivity index (χ2n) is 14.5. The van der Waals surface area contributed by atoms with Crippen LogP contribution in [0.15, 0.2) is 218 Å². The number of fused-ring (bicyclic) bond motifs is 7. The van der Waals surface area contributed by atoms with E-state index in [9.17, 15) is 0 Å². The first-order chi connectivity index (χ1) is 27.8. The van der Waals surface area contributed by atoms with Crippen LogP contribution in [-0.2, 0) is 0 Å². The van der Waals surface area contributed by atoms with Crippen LogP contribution in [0.2, 0.25) is 0 Å². The van der Waals surface area contributed by atoms with E-state index in [0.717, 1.165) is 22.7 Å². The molecule has 0 N–H and O–H groups in total. The SMILES string of the molecule is c1ccc(-n2c3cc(-c4ccc(N(c5ccc(-c6cccc7ccccc67)cc5)c5cccc6ccccc56)cc4)ccc3c3ccc4ccccc4c32)cc1. The van der Waals surface area contributed by atoms with Gasteiger partial charge in [-0.15, -0.1) is 0 Å². The summed E-state index contributed by atoms with van der Waals surface area (Å²) < 4.78 is 2.44. The lowest BCUT2D eigenvalue weighted by Gasteiger charge is -2.27. The molecule has 0 fully saturated rings. The predicted octanol–water partition coefficient (Wildman–Crippen LogP) is 15.0. The maximum Gasteiger partial charge on any atom is 0.0619 e. The number of hydrogen-bond donors (Lipinski definition) is 0. The molecule has 1 heterocycles. The molecule has 10 aromatic carbocycles. The standard InChI is InChI=1S/C54H36N2/c1-2-17-43(18-3-1)56-53-36-42(29-34-50(53)51-35-28-40-14-6-9-21-49(40)54(51)56)37-24-30-44(31-25-37)55(52-23-11-16-39-13-5-8-20-48(39)52)45-32-26-41(27-33-45)47-22-10-15-38-12-4-7-19-46(38)47/h1-36H. The van der Waals surface area contributed by atoms with E-state index < -0.39 is 0 Å². The van der Waals surface area contributed by atoms with Crippen LogP contribution in [0.4, 0.5) is 17.1 Å². The highest BCUT2D eigenvalue weighted by molar-refractivity contribution is 6.19. The lowest BCUT2D eigenvalue weighted by molar-refractivity contribution is 1.19. The summed E-state index contributed by atoms with van der Waals surface area (Å²) in [7, 11) is 0. The van der Waals surface area contributed by atoms with E-state index in [4.69, 9.17) is 0 Å². The molecule has 0 radical (unpaired) electrons. The molecular formula is C54H36N2. The molecule has 0 aliphatic rings. The molecule has 56 heavy (non-hydrogen) atoms. The molecule has 262 valence electrons. The van der Waals surface area contributed by atoms with Crippen LogP contribution in [0.3, 0.4) is 0 Å². The summed E-state index contributed by atoms with van der Waals surface area (Å²) in [5, 5.41) is 9.97. The lowest BCUT2D eigenvalue weighted by Crippen LogP contribution is -2.10. The van der Waals surface area contributed by atoms with Gasteiger partial charge in [0.15, 0.2) is 0 Å². The first kappa shape index (κ1) is 32.0. The topological polar surface area (TPSA) is 8.17 Å². The second kappa shape index (κ2) is 13.2. The molecule has 0 aliphatic heterocycles. The van der Waals surface area contributed by atoms with Gasteiger partial charge >= 0.3 is 0 Å². The van der Waals surface area contributed by atoms with E-state index in [0.29, 0.717) is 0 Å². The fourth-order valence-electron chi connectivity index (χ4n) is 8.70. The van der Waals surface area contributed by atoms with Crippen molar-refractivity contribution in [1.29, 1.82) is 0 Å². The zero-order chi connectivity index (χ0) is 37.0. The predicted molar refractivity (Wildman–Crippen MR) is 239 cm³/mol. The third-order valence-electron chi connectivity index (χ3n) is 11.4. The van der Waals surface area contributed by atoms with Gasteiger partial charge < -0.3 is 9.47 Å². The van der Waals surface area contributed by atoms with Crippen molar-refractivity contribution in [3.05, 3.63) is 218 Å². The zero-order valence-electron chi connectivity index (χ0n) is 30.7. The van der Waals surface area contributed by atoms with Crippen molar-refractivity contribution >= 4 is 71.2 Å². The van der Waals surface area contributed by atoms with Gasteiger partial charge in [-0.05, 0) is 92.3 Å². The lowest BCUT2D eigenvalue weighted by atomic mass is 9.98. The van der Waals surface area contributed by atoms with Crippen LogP contribution in [0.1, 0.15) is 0 Å². The Morgan fingerprint density at radius 1 is 0.321 bits per heavy atom. The van der Waals surface area contributed by atoms with E-state index in [1.54, 1.807) is 0 Å². The average Bonchev–Trinajstić information content (AvgIpc) is 3.61. The maximum atomic E-state index is 2.44. The van der Waals surface area contributed by atoms with Crippen molar-refractivity contribution < 1.29 is 0 Å². The van der Waals surface area contributed by atoms with Gasteiger partial charge in [0.1, 0.15) is 0 Å². The summed E-state index contributed by atoms with van der Waals surface area (Å²) in [6.07, 6.45) is 0. The molecule has 11 aromatic rings. The van der Waals surface area contributed by atoms with Crippen LogP contribution in [0.5, 0.6) is 0 Å². The van der Waals surface area contributed by atoms with E-state index >= 15 is 0 Å². The van der Waals surface area contributed by atoms with E-state index in [1.807, 2.05) is 0 Å². The first-order valence-corrected chi connectivity index (χ1v) is 19.3. The number of rotatable bonds is 6. The fraction of sp³-hybridized carbons (Fsp3) is 0. The highest BCUT2D eigenvalue weighted by Crippen LogP contribution is 2.42. The van der Waals surface area contributed by atoms with Gasteiger partial charge in [-0.25, -0.2) is 0 Å². The number of aromatic nitrogens is 1. The van der Waals surface area contributed by atoms with E-state index in [-0.39, 0.29) is 0 Å². The third kappa shape index (κ3) is 5.26. The highest BCUT2D eigenvalue weighted by Gasteiger charge is 2.18. The normalized spacial score (nSPS) is 11.6. The molecule has 0 aliphatic carbocycles. The summed E-state index contributed by atoms with van der Waals surface area (Å²) in [6.45, 7) is 0. The Morgan fingerprint density at radius 2 is 0.857 bits per heavy atom. The molecular weight excluding hydrogens is 677 g/mol. The number of para-hydroxylation sites is 1. The number of hydrogen-bond acceptors (Lipinski definition) is 1. The molecule has 2 nitrogen and oxygen atoms in total. The van der Waals surface area contributed by atoms with Crippen molar-refractivity contribution in [1.82, 2.24) is 4.57 Å². The van der Waals surface area contributed by atoms with Gasteiger partial charge in [0.2, 0.25) is 0 Å². The first-order valence-electron chi connectivity index (χ1n) is 19.3. The summed E-state index contributed by atoms with van der Waals surface area (Å²) in [5.41, 5.74) is 11.8. The molecule has 0 atom stereocenters. The Morgan fingerprint density at radius 3 is 1.59 bits per heavy atom. The van der Waals surface area contributed by atoms with Crippen molar-refractivity contribution in [3.63, 3.8) is 0 Å². The molecule has 0 saturated heterocycles. The van der Waals surface area contributed by atoms with Crippen LogP contribution in [0.25, 0.3) is 82.1 Å². The number of anilines is 3. The number of benzene rings is 10.